The van der Waals surface area contributed by atoms with E-state index in [9.17, 15) is 19.5 Å². The third kappa shape index (κ3) is 7.68. The molecule has 1 aromatic heterocycles. The summed E-state index contributed by atoms with van der Waals surface area (Å²) in [4.78, 5) is 46.3. The topological polar surface area (TPSA) is 130 Å². The predicted molar refractivity (Wildman–Crippen MR) is 219 cm³/mol. The Bertz CT molecular complexity index is 1930. The molecule has 2 aromatic carbocycles. The minimum Gasteiger partial charge on any atom is -0.461 e. The maximum Gasteiger partial charge on any atom is 0.316 e. The number of nitrogens with one attached hydrogen (secondary N) is 1. The number of thioether (sulfide) groups is 1. The van der Waals surface area contributed by atoms with Crippen molar-refractivity contribution >= 4 is 40.8 Å². The number of amides is 1. The molecule has 1 amide bonds. The molecule has 3 aliphatic carbocycles. The summed E-state index contributed by atoms with van der Waals surface area (Å²) in [6.45, 7) is 19.0. The molecule has 0 unspecified atom stereocenters. The molecule has 4 fully saturated rings. The Morgan fingerprint density at radius 3 is 2.54 bits per heavy atom. The Kier molecular flexibility index (Phi) is 11.6. The van der Waals surface area contributed by atoms with Gasteiger partial charge in [0, 0.05) is 66.5 Å². The van der Waals surface area contributed by atoms with Crippen molar-refractivity contribution in [2.45, 2.75) is 96.9 Å². The number of ketones is 1. The van der Waals surface area contributed by atoms with E-state index in [4.69, 9.17) is 4.74 Å². The van der Waals surface area contributed by atoms with Crippen LogP contribution in [-0.4, -0.2) is 86.8 Å². The molecule has 11 nitrogen and oxygen atoms in total. The maximum absolute atomic E-state index is 13.8. The van der Waals surface area contributed by atoms with Gasteiger partial charge in [0.15, 0.2) is 0 Å². The van der Waals surface area contributed by atoms with Crippen LogP contribution in [0.1, 0.15) is 71.1 Å². The van der Waals surface area contributed by atoms with E-state index in [0.29, 0.717) is 25.1 Å². The lowest BCUT2D eigenvalue weighted by molar-refractivity contribution is -0.205. The maximum atomic E-state index is 13.8. The predicted octanol–water partition coefficient (Wildman–Crippen LogP) is 6.55. The van der Waals surface area contributed by atoms with E-state index in [-0.39, 0.29) is 47.2 Å². The fourth-order valence-electron chi connectivity index (χ4n) is 10.5. The summed E-state index contributed by atoms with van der Waals surface area (Å²) >= 11 is 1.30. The van der Waals surface area contributed by atoms with E-state index in [2.05, 4.69) is 84.0 Å². The molecule has 0 radical (unpaired) electrons. The highest BCUT2D eigenvalue weighted by atomic mass is 32.2. The van der Waals surface area contributed by atoms with Gasteiger partial charge in [-0.15, -0.1) is 23.4 Å². The molecule has 300 valence electrons. The van der Waals surface area contributed by atoms with Gasteiger partial charge in [-0.1, -0.05) is 68.8 Å². The van der Waals surface area contributed by atoms with Crippen LogP contribution >= 0.6 is 11.8 Å². The summed E-state index contributed by atoms with van der Waals surface area (Å²) in [6.07, 6.45) is 5.80. The van der Waals surface area contributed by atoms with E-state index in [1.165, 1.54) is 23.0 Å². The number of nitrogens with zero attached hydrogens (tertiary/aromatic N) is 5. The van der Waals surface area contributed by atoms with Gasteiger partial charge in [-0.05, 0) is 74.1 Å². The second kappa shape index (κ2) is 16.1. The monoisotopic (exact) mass is 782 g/mol. The molecular formula is C44H58N6O5S. The summed E-state index contributed by atoms with van der Waals surface area (Å²) in [5.41, 5.74) is 2.32. The molecule has 0 spiro atoms. The Hall–Kier alpha value is -4.00. The SMILES string of the molecule is C=C[C@]1(C)C[C@@H](OC(=O)CSc2ccccc2NC(=O)Cn2cc(CN3CCN(c4ccc(C)cc4)CC3)nn2)[C@]2(C)[C@H](C)CC[C@]3(CCC(=O)[C@H]32)[C@@H](C)[C@@H]1O. The number of Topliss-reactive ketones (excluding diaryl/α,β-unsaturated/α-hetero) is 1. The molecule has 3 saturated carbocycles. The fraction of sp³-hybridized carbons (Fsp3) is 0.568. The molecular weight excluding hydrogens is 725 g/mol. The summed E-state index contributed by atoms with van der Waals surface area (Å²) in [5, 5.41) is 23.4. The lowest BCUT2D eigenvalue weighted by Gasteiger charge is -2.61. The van der Waals surface area contributed by atoms with E-state index in [0.717, 1.165) is 56.0 Å². The summed E-state index contributed by atoms with van der Waals surface area (Å²) < 4.78 is 8.00. The van der Waals surface area contributed by atoms with Gasteiger partial charge in [-0.3, -0.25) is 19.3 Å². The van der Waals surface area contributed by atoms with Crippen LogP contribution in [0, 0.1) is 40.9 Å². The molecule has 1 aliphatic heterocycles. The summed E-state index contributed by atoms with van der Waals surface area (Å²) in [6, 6.07) is 16.1. The van der Waals surface area contributed by atoms with Gasteiger partial charge in [-0.25, -0.2) is 4.68 Å². The number of benzene rings is 2. The van der Waals surface area contributed by atoms with Gasteiger partial charge in [-0.2, -0.15) is 0 Å². The minimum absolute atomic E-state index is 0.00160. The number of anilines is 2. The van der Waals surface area contributed by atoms with Crippen molar-refractivity contribution in [3.8, 4) is 0 Å². The third-order valence-electron chi connectivity index (χ3n) is 14.1. The quantitative estimate of drug-likeness (QED) is 0.126. The molecule has 2 bridgehead atoms. The number of para-hydroxylation sites is 1. The molecule has 3 aromatic rings. The highest BCUT2D eigenvalue weighted by molar-refractivity contribution is 8.00. The number of esters is 1. The van der Waals surface area contributed by atoms with E-state index in [1.807, 2.05) is 43.5 Å². The van der Waals surface area contributed by atoms with Crippen LogP contribution in [0.5, 0.6) is 0 Å². The number of piperazine rings is 1. The largest absolute Gasteiger partial charge is 0.461 e. The van der Waals surface area contributed by atoms with Crippen molar-refractivity contribution < 1.29 is 24.2 Å². The smallest absolute Gasteiger partial charge is 0.316 e. The van der Waals surface area contributed by atoms with Crippen LogP contribution < -0.4 is 10.2 Å². The first kappa shape index (κ1) is 40.2. The van der Waals surface area contributed by atoms with E-state index < -0.39 is 29.0 Å². The molecule has 2 heterocycles. The lowest BCUT2D eigenvalue weighted by Crippen LogP contribution is -2.63. The Labute approximate surface area is 335 Å². The van der Waals surface area contributed by atoms with Crippen molar-refractivity contribution in [2.75, 3.05) is 42.1 Å². The number of ether oxygens (including phenoxy) is 1. The van der Waals surface area contributed by atoms with Gasteiger partial charge < -0.3 is 20.1 Å². The number of hydrogen-bond acceptors (Lipinski definition) is 10. The van der Waals surface area contributed by atoms with Crippen molar-refractivity contribution in [1.82, 2.24) is 19.9 Å². The number of aliphatic hydroxyl groups excluding tert-OH is 1. The molecule has 4 aliphatic rings. The Morgan fingerprint density at radius 2 is 1.80 bits per heavy atom. The van der Waals surface area contributed by atoms with E-state index in [1.54, 1.807) is 4.68 Å². The minimum atomic E-state index is -0.715. The van der Waals surface area contributed by atoms with Gasteiger partial charge in [0.25, 0.3) is 0 Å². The molecule has 56 heavy (non-hydrogen) atoms. The Balaban J connectivity index is 0.958. The number of aromatic nitrogens is 3. The second-order valence-electron chi connectivity index (χ2n) is 17.4. The number of aliphatic hydroxyl groups is 1. The van der Waals surface area contributed by atoms with Gasteiger partial charge in [0.05, 0.1) is 29.4 Å². The summed E-state index contributed by atoms with van der Waals surface area (Å²) in [7, 11) is 0. The van der Waals surface area contributed by atoms with Crippen LogP contribution in [0.15, 0.2) is 72.3 Å². The standard InChI is InChI=1S/C44H58N6O5S/c1-7-42(5)24-37(43(6)30(3)16-18-44(31(4)41(42)54)19-17-35(51)40(43)44)55-39(53)28-56-36-11-9-8-10-34(36)45-38(52)27-50-26-32(46-47-50)25-48-20-22-49(23-21-48)33-14-12-29(2)13-15-33/h7-15,26,30-31,37,40-41,54H,1,16-25,27-28H2,2-6H3,(H,45,52)/t30-,31+,37-,40+,41+,42-,43+,44+/m1/s1. The number of carbonyl (C=O) groups is 3. The zero-order valence-electron chi connectivity index (χ0n) is 33.6. The number of aryl methyl sites for hydroxylation is 1. The van der Waals surface area contributed by atoms with Crippen LogP contribution in [-0.2, 0) is 32.2 Å². The average Bonchev–Trinajstić information content (AvgIpc) is 3.78. The normalized spacial score (nSPS) is 31.9. The van der Waals surface area contributed by atoms with Crippen LogP contribution in [0.3, 0.4) is 0 Å². The first-order valence-corrected chi connectivity index (χ1v) is 21.2. The van der Waals surface area contributed by atoms with Crippen molar-refractivity contribution in [2.24, 2.45) is 34.0 Å². The molecule has 2 N–H and O–H groups in total. The third-order valence-corrected chi connectivity index (χ3v) is 15.2. The fourth-order valence-corrected chi connectivity index (χ4v) is 11.3. The van der Waals surface area contributed by atoms with Crippen LogP contribution in [0.2, 0.25) is 0 Å². The van der Waals surface area contributed by atoms with Crippen LogP contribution in [0.25, 0.3) is 0 Å². The van der Waals surface area contributed by atoms with Crippen LogP contribution in [0.4, 0.5) is 11.4 Å². The van der Waals surface area contributed by atoms with Gasteiger partial charge in [0.1, 0.15) is 18.4 Å². The second-order valence-corrected chi connectivity index (χ2v) is 18.4. The molecule has 1 saturated heterocycles. The average molecular weight is 783 g/mol. The number of hydrogen-bond donors (Lipinski definition) is 2. The van der Waals surface area contributed by atoms with Crippen molar-refractivity contribution in [1.29, 1.82) is 0 Å². The summed E-state index contributed by atoms with van der Waals surface area (Å²) in [5.74, 6) is -0.600. The highest BCUT2D eigenvalue weighted by Crippen LogP contribution is 2.68. The first-order chi connectivity index (χ1) is 26.8. The molecule has 7 rings (SSSR count). The lowest BCUT2D eigenvalue weighted by atomic mass is 9.44. The zero-order chi connectivity index (χ0) is 39.8. The first-order valence-electron chi connectivity index (χ1n) is 20.2. The van der Waals surface area contributed by atoms with Gasteiger partial charge in [0.2, 0.25) is 5.91 Å². The van der Waals surface area contributed by atoms with Crippen molar-refractivity contribution in [3.63, 3.8) is 0 Å². The molecule has 12 heteroatoms. The zero-order valence-corrected chi connectivity index (χ0v) is 34.4. The molecule has 8 atom stereocenters. The number of carbonyl (C=O) groups excluding carboxylic acids is 3. The number of rotatable bonds is 11. The highest BCUT2D eigenvalue weighted by Gasteiger charge is 2.68. The van der Waals surface area contributed by atoms with Gasteiger partial charge >= 0.3 is 5.97 Å². The van der Waals surface area contributed by atoms with E-state index >= 15 is 0 Å². The Morgan fingerprint density at radius 1 is 1.07 bits per heavy atom. The van der Waals surface area contributed by atoms with Crippen molar-refractivity contribution in [3.05, 3.63) is 78.6 Å².